The zero-order valence-corrected chi connectivity index (χ0v) is 44.1. The van der Waals surface area contributed by atoms with Crippen molar-refractivity contribution in [2.75, 3.05) is 13.2 Å². The van der Waals surface area contributed by atoms with E-state index >= 15 is 0 Å². The molecular weight excluding hydrogens is 841 g/mol. The van der Waals surface area contributed by atoms with E-state index in [4.69, 9.17) is 14.2 Å². The number of esters is 3. The Morgan fingerprint density at radius 2 is 0.588 bits per heavy atom. The summed E-state index contributed by atoms with van der Waals surface area (Å²) in [4.78, 5) is 38.1. The highest BCUT2D eigenvalue weighted by Gasteiger charge is 2.19. The van der Waals surface area contributed by atoms with Gasteiger partial charge in [0.15, 0.2) is 6.10 Å². The first-order valence-electron chi connectivity index (χ1n) is 28.0. The lowest BCUT2D eigenvalue weighted by Crippen LogP contribution is -2.30. The highest BCUT2D eigenvalue weighted by molar-refractivity contribution is 5.71. The van der Waals surface area contributed by atoms with Crippen LogP contribution in [0.4, 0.5) is 0 Å². The molecule has 0 aliphatic carbocycles. The Hall–Kier alpha value is -3.93. The van der Waals surface area contributed by atoms with Crippen molar-refractivity contribution in [2.24, 2.45) is 0 Å². The van der Waals surface area contributed by atoms with Gasteiger partial charge in [-0.2, -0.15) is 0 Å². The van der Waals surface area contributed by atoms with Crippen LogP contribution in [0.1, 0.15) is 245 Å². The van der Waals surface area contributed by atoms with Crippen LogP contribution in [0.3, 0.4) is 0 Å². The number of ether oxygens (including phenoxy) is 3. The van der Waals surface area contributed by atoms with E-state index in [9.17, 15) is 14.4 Å². The third kappa shape index (κ3) is 53.0. The van der Waals surface area contributed by atoms with Gasteiger partial charge in [-0.25, -0.2) is 0 Å². The zero-order valence-electron chi connectivity index (χ0n) is 44.1. The first-order chi connectivity index (χ1) is 33.5. The van der Waals surface area contributed by atoms with Gasteiger partial charge in [0.1, 0.15) is 13.2 Å². The summed E-state index contributed by atoms with van der Waals surface area (Å²) >= 11 is 0. The average molecular weight is 943 g/mol. The van der Waals surface area contributed by atoms with Crippen LogP contribution in [0, 0.1) is 0 Å². The third-order valence-electron chi connectivity index (χ3n) is 11.7. The summed E-state index contributed by atoms with van der Waals surface area (Å²) in [5.41, 5.74) is 0. The van der Waals surface area contributed by atoms with Crippen LogP contribution in [0.5, 0.6) is 0 Å². The molecule has 1 unspecified atom stereocenters. The van der Waals surface area contributed by atoms with Gasteiger partial charge < -0.3 is 14.2 Å². The van der Waals surface area contributed by atoms with Gasteiger partial charge >= 0.3 is 17.9 Å². The van der Waals surface area contributed by atoms with Crippen molar-refractivity contribution in [2.45, 2.75) is 252 Å². The van der Waals surface area contributed by atoms with Gasteiger partial charge in [0, 0.05) is 19.3 Å². The number of allylic oxidation sites excluding steroid dienone is 18. The second kappa shape index (κ2) is 55.7. The van der Waals surface area contributed by atoms with Gasteiger partial charge in [-0.05, 0) is 89.9 Å². The first-order valence-corrected chi connectivity index (χ1v) is 28.0. The van der Waals surface area contributed by atoms with E-state index in [0.29, 0.717) is 19.3 Å². The molecule has 386 valence electrons. The molecule has 0 amide bonds. The van der Waals surface area contributed by atoms with Gasteiger partial charge in [-0.15, -0.1) is 0 Å². The predicted octanol–water partition coefficient (Wildman–Crippen LogP) is 18.7. The van der Waals surface area contributed by atoms with E-state index in [0.717, 1.165) is 83.5 Å². The summed E-state index contributed by atoms with van der Waals surface area (Å²) in [5.74, 6) is -0.969. The molecule has 0 spiro atoms. The van der Waals surface area contributed by atoms with Crippen molar-refractivity contribution in [3.05, 3.63) is 109 Å². The van der Waals surface area contributed by atoms with E-state index in [1.165, 1.54) is 122 Å². The number of hydrogen-bond acceptors (Lipinski definition) is 6. The monoisotopic (exact) mass is 943 g/mol. The Bertz CT molecular complexity index is 1410. The Morgan fingerprint density at radius 3 is 0.956 bits per heavy atom. The lowest BCUT2D eigenvalue weighted by atomic mass is 10.1. The molecule has 0 aliphatic heterocycles. The standard InChI is InChI=1S/C62H102O6/c1-4-7-10-13-16-19-22-25-28-30-31-33-34-37-40-43-46-49-52-55-61(64)67-58-59(57-66-60(63)54-51-48-45-42-39-36-27-24-21-18-15-12-9-6-3)68-62(65)56-53-50-47-44-41-38-35-32-29-26-23-20-17-14-11-8-5-2/h7,10,13,16,19,22,25-26,28-31,33-34,36-37,39-40,59H,4-6,8-9,11-12,14-15,17-18,20-21,23-24,27,32,35,38,41-58H2,1-3H3/b10-7-,16-13-,22-19-,28-25-,29-26-,31-30+,34-33-,39-36-,40-37-. The molecule has 0 aliphatic rings. The fourth-order valence-corrected chi connectivity index (χ4v) is 7.47. The minimum absolute atomic E-state index is 0.104. The fourth-order valence-electron chi connectivity index (χ4n) is 7.47. The Balaban J connectivity index is 4.52. The van der Waals surface area contributed by atoms with Gasteiger partial charge in [0.25, 0.3) is 0 Å². The van der Waals surface area contributed by atoms with Crippen LogP contribution < -0.4 is 0 Å². The summed E-state index contributed by atoms with van der Waals surface area (Å²) in [6.45, 7) is 6.43. The van der Waals surface area contributed by atoms with Crippen molar-refractivity contribution in [3.63, 3.8) is 0 Å². The van der Waals surface area contributed by atoms with E-state index in [1.807, 2.05) is 72.9 Å². The topological polar surface area (TPSA) is 78.9 Å². The minimum atomic E-state index is -0.807. The molecule has 0 saturated carbocycles. The average Bonchev–Trinajstić information content (AvgIpc) is 3.34. The molecule has 1 atom stereocenters. The van der Waals surface area contributed by atoms with Gasteiger partial charge in [0.05, 0.1) is 0 Å². The molecule has 0 aromatic heterocycles. The molecule has 68 heavy (non-hydrogen) atoms. The SMILES string of the molecule is CC\C=C/C=C\C=C/C=C\C=C\C=C/C=C\CCCCCC(=O)OCC(COC(=O)CCCCC/C=C\CCCCCCCCC)OC(=O)CCCCCCCCC/C=C\CCCCCCCC. The predicted molar refractivity (Wildman–Crippen MR) is 293 cm³/mol. The van der Waals surface area contributed by atoms with E-state index in [1.54, 1.807) is 0 Å². The number of unbranched alkanes of at least 4 members (excludes halogenated alkanes) is 26. The first kappa shape index (κ1) is 64.1. The highest BCUT2D eigenvalue weighted by Crippen LogP contribution is 2.14. The lowest BCUT2D eigenvalue weighted by molar-refractivity contribution is -0.167. The fraction of sp³-hybridized carbons (Fsp3) is 0.661. The molecule has 0 saturated heterocycles. The van der Waals surface area contributed by atoms with Crippen molar-refractivity contribution in [1.82, 2.24) is 0 Å². The number of rotatable bonds is 49. The molecule has 0 aromatic rings. The molecule has 0 N–H and O–H groups in total. The summed E-state index contributed by atoms with van der Waals surface area (Å²) in [6, 6.07) is 0. The third-order valence-corrected chi connectivity index (χ3v) is 11.7. The number of carbonyl (C=O) groups is 3. The Kier molecular flexibility index (Phi) is 52.4. The smallest absolute Gasteiger partial charge is 0.306 e. The maximum atomic E-state index is 12.8. The second-order valence-electron chi connectivity index (χ2n) is 18.3. The maximum Gasteiger partial charge on any atom is 0.306 e. The van der Waals surface area contributed by atoms with E-state index in [-0.39, 0.29) is 31.1 Å². The molecule has 0 radical (unpaired) electrons. The van der Waals surface area contributed by atoms with Crippen molar-refractivity contribution >= 4 is 17.9 Å². The van der Waals surface area contributed by atoms with Crippen molar-refractivity contribution < 1.29 is 28.6 Å². The molecule has 0 heterocycles. The highest BCUT2D eigenvalue weighted by atomic mass is 16.6. The quantitative estimate of drug-likeness (QED) is 0.0199. The van der Waals surface area contributed by atoms with Crippen LogP contribution in [-0.4, -0.2) is 37.2 Å². The van der Waals surface area contributed by atoms with Crippen molar-refractivity contribution in [3.8, 4) is 0 Å². The molecule has 0 rings (SSSR count). The molecule has 0 bridgehead atoms. The van der Waals surface area contributed by atoms with Crippen LogP contribution in [0.2, 0.25) is 0 Å². The summed E-state index contributed by atoms with van der Waals surface area (Å²) < 4.78 is 16.8. The minimum Gasteiger partial charge on any atom is -0.462 e. The van der Waals surface area contributed by atoms with Crippen molar-refractivity contribution in [1.29, 1.82) is 0 Å². The maximum absolute atomic E-state index is 12.8. The number of hydrogen-bond donors (Lipinski definition) is 0. The summed E-state index contributed by atoms with van der Waals surface area (Å²) in [7, 11) is 0. The van der Waals surface area contributed by atoms with E-state index in [2.05, 4.69) is 57.2 Å². The summed E-state index contributed by atoms with van der Waals surface area (Å²) in [6.07, 6.45) is 75.0. The van der Waals surface area contributed by atoms with Gasteiger partial charge in [0.2, 0.25) is 0 Å². The van der Waals surface area contributed by atoms with Gasteiger partial charge in [-0.1, -0.05) is 246 Å². The van der Waals surface area contributed by atoms with Crippen LogP contribution >= 0.6 is 0 Å². The summed E-state index contributed by atoms with van der Waals surface area (Å²) in [5, 5.41) is 0. The van der Waals surface area contributed by atoms with Crippen LogP contribution in [-0.2, 0) is 28.6 Å². The normalized spacial score (nSPS) is 12.9. The molecular formula is C62H102O6. The Labute approximate surface area is 419 Å². The lowest BCUT2D eigenvalue weighted by Gasteiger charge is -2.18. The molecule has 0 fully saturated rings. The van der Waals surface area contributed by atoms with E-state index < -0.39 is 6.10 Å². The second-order valence-corrected chi connectivity index (χ2v) is 18.3. The van der Waals surface area contributed by atoms with Crippen LogP contribution in [0.15, 0.2) is 109 Å². The molecule has 0 aromatic carbocycles. The zero-order chi connectivity index (χ0) is 49.3. The largest absolute Gasteiger partial charge is 0.462 e. The molecule has 6 heteroatoms. The van der Waals surface area contributed by atoms with Gasteiger partial charge in [-0.3, -0.25) is 14.4 Å². The number of carbonyl (C=O) groups excluding carboxylic acids is 3. The Morgan fingerprint density at radius 1 is 0.309 bits per heavy atom. The molecule has 6 nitrogen and oxygen atoms in total. The van der Waals surface area contributed by atoms with Crippen LogP contribution in [0.25, 0.3) is 0 Å².